The van der Waals surface area contributed by atoms with Crippen molar-refractivity contribution in [3.63, 3.8) is 0 Å². The summed E-state index contributed by atoms with van der Waals surface area (Å²) >= 11 is 0. The second kappa shape index (κ2) is 11.7. The van der Waals surface area contributed by atoms with Gasteiger partial charge in [-0.2, -0.15) is 0 Å². The summed E-state index contributed by atoms with van der Waals surface area (Å²) in [6.45, 7) is 3.15. The third kappa shape index (κ3) is 6.42. The second-order valence-electron chi connectivity index (χ2n) is 7.87. The van der Waals surface area contributed by atoms with Gasteiger partial charge >= 0.3 is 0 Å². The smallest absolute Gasteiger partial charge is 0.222 e. The third-order valence-corrected chi connectivity index (χ3v) is 5.72. The first kappa shape index (κ1) is 23.0. The molecule has 1 aliphatic rings. The predicted octanol–water partition coefficient (Wildman–Crippen LogP) is 3.20. The molecular formula is C24H33N3O4. The molecular weight excluding hydrogens is 394 g/mol. The largest absolute Gasteiger partial charge is 0.493 e. The van der Waals surface area contributed by atoms with E-state index in [4.69, 9.17) is 14.2 Å². The van der Waals surface area contributed by atoms with E-state index >= 15 is 0 Å². The van der Waals surface area contributed by atoms with Gasteiger partial charge in [0.25, 0.3) is 0 Å². The molecule has 1 aromatic carbocycles. The first-order valence-electron chi connectivity index (χ1n) is 10.8. The number of amides is 1. The summed E-state index contributed by atoms with van der Waals surface area (Å²) < 4.78 is 15.9. The van der Waals surface area contributed by atoms with Gasteiger partial charge in [0.15, 0.2) is 11.5 Å². The molecule has 1 N–H and O–H groups in total. The molecule has 7 nitrogen and oxygen atoms in total. The SMILES string of the molecule is COCCC(=O)N[C@@H](c1ccccn1)[C@@H]1CCCN(Cc2ccc(OC)c(OC)c2)C1. The maximum absolute atomic E-state index is 12.5. The molecule has 0 unspecified atom stereocenters. The van der Waals surface area contributed by atoms with E-state index in [0.29, 0.717) is 13.0 Å². The van der Waals surface area contributed by atoms with E-state index in [2.05, 4.69) is 21.3 Å². The summed E-state index contributed by atoms with van der Waals surface area (Å²) in [7, 11) is 4.91. The Balaban J connectivity index is 1.71. The lowest BCUT2D eigenvalue weighted by molar-refractivity contribution is -0.123. The number of rotatable bonds is 10. The molecule has 31 heavy (non-hydrogen) atoms. The van der Waals surface area contributed by atoms with Crippen molar-refractivity contribution in [2.45, 2.75) is 31.8 Å². The molecule has 0 spiro atoms. The molecule has 0 bridgehead atoms. The standard InChI is InChI=1S/C24H33N3O4/c1-29-14-11-23(28)26-24(20-8-4-5-12-25-20)19-7-6-13-27(17-19)16-18-9-10-21(30-2)22(15-18)31-3/h4-5,8-10,12,15,19,24H,6-7,11,13-14,16-17H2,1-3H3,(H,26,28)/t19-,24-/m1/s1. The van der Waals surface area contributed by atoms with E-state index in [1.807, 2.05) is 30.3 Å². The number of piperidine rings is 1. The molecule has 7 heteroatoms. The number of likely N-dealkylation sites (tertiary alicyclic amines) is 1. The number of pyridine rings is 1. The minimum Gasteiger partial charge on any atom is -0.493 e. The summed E-state index contributed by atoms with van der Waals surface area (Å²) in [5, 5.41) is 3.21. The fourth-order valence-corrected chi connectivity index (χ4v) is 4.18. The van der Waals surface area contributed by atoms with Crippen LogP contribution in [0.4, 0.5) is 0 Å². The topological polar surface area (TPSA) is 72.9 Å². The first-order chi connectivity index (χ1) is 15.1. The average molecular weight is 428 g/mol. The van der Waals surface area contributed by atoms with Crippen molar-refractivity contribution >= 4 is 5.91 Å². The molecule has 0 aliphatic carbocycles. The molecule has 0 radical (unpaired) electrons. The van der Waals surface area contributed by atoms with Crippen LogP contribution in [-0.4, -0.2) is 56.8 Å². The number of hydrogen-bond acceptors (Lipinski definition) is 6. The molecule has 2 heterocycles. The van der Waals surface area contributed by atoms with Crippen molar-refractivity contribution in [3.05, 3.63) is 53.9 Å². The zero-order chi connectivity index (χ0) is 22.1. The highest BCUT2D eigenvalue weighted by atomic mass is 16.5. The number of hydrogen-bond donors (Lipinski definition) is 1. The Morgan fingerprint density at radius 1 is 1.19 bits per heavy atom. The zero-order valence-electron chi connectivity index (χ0n) is 18.7. The normalized spacial score (nSPS) is 17.7. The van der Waals surface area contributed by atoms with Crippen LogP contribution in [0.3, 0.4) is 0 Å². The molecule has 2 atom stereocenters. The van der Waals surface area contributed by atoms with E-state index in [-0.39, 0.29) is 17.9 Å². The Kier molecular flexibility index (Phi) is 8.67. The van der Waals surface area contributed by atoms with E-state index < -0.39 is 0 Å². The highest BCUT2D eigenvalue weighted by Crippen LogP contribution is 2.32. The van der Waals surface area contributed by atoms with Gasteiger partial charge in [0, 0.05) is 32.8 Å². The molecule has 1 aromatic heterocycles. The van der Waals surface area contributed by atoms with Crippen molar-refractivity contribution in [1.82, 2.24) is 15.2 Å². The van der Waals surface area contributed by atoms with Crippen molar-refractivity contribution in [2.24, 2.45) is 5.92 Å². The van der Waals surface area contributed by atoms with Gasteiger partial charge in [-0.3, -0.25) is 14.7 Å². The number of ether oxygens (including phenoxy) is 3. The highest BCUT2D eigenvalue weighted by Gasteiger charge is 2.30. The highest BCUT2D eigenvalue weighted by molar-refractivity contribution is 5.76. The lowest BCUT2D eigenvalue weighted by Gasteiger charge is -2.37. The fraction of sp³-hybridized carbons (Fsp3) is 0.500. The number of benzene rings is 1. The van der Waals surface area contributed by atoms with E-state index in [1.165, 1.54) is 5.56 Å². The number of aromatic nitrogens is 1. The molecule has 3 rings (SSSR count). The fourth-order valence-electron chi connectivity index (χ4n) is 4.18. The lowest BCUT2D eigenvalue weighted by atomic mass is 9.88. The van der Waals surface area contributed by atoms with Crippen LogP contribution in [0.25, 0.3) is 0 Å². The Bertz CT molecular complexity index is 831. The first-order valence-corrected chi connectivity index (χ1v) is 10.8. The molecule has 168 valence electrons. The summed E-state index contributed by atoms with van der Waals surface area (Å²) in [6.07, 6.45) is 4.26. The molecule has 1 aliphatic heterocycles. The third-order valence-electron chi connectivity index (χ3n) is 5.72. The van der Waals surface area contributed by atoms with Gasteiger partial charge in [0.05, 0.1) is 32.6 Å². The van der Waals surface area contributed by atoms with Gasteiger partial charge in [-0.15, -0.1) is 0 Å². The van der Waals surface area contributed by atoms with E-state index in [0.717, 1.165) is 49.7 Å². The Morgan fingerprint density at radius 2 is 2.03 bits per heavy atom. The van der Waals surface area contributed by atoms with Crippen LogP contribution in [0, 0.1) is 5.92 Å². The van der Waals surface area contributed by atoms with Gasteiger partial charge in [0.2, 0.25) is 5.91 Å². The van der Waals surface area contributed by atoms with Gasteiger partial charge in [0.1, 0.15) is 0 Å². The predicted molar refractivity (Wildman–Crippen MR) is 119 cm³/mol. The summed E-state index contributed by atoms with van der Waals surface area (Å²) in [4.78, 5) is 19.5. The molecule has 1 fully saturated rings. The van der Waals surface area contributed by atoms with Crippen LogP contribution in [0.15, 0.2) is 42.6 Å². The van der Waals surface area contributed by atoms with Gasteiger partial charge < -0.3 is 19.5 Å². The molecule has 1 saturated heterocycles. The van der Waals surface area contributed by atoms with Crippen LogP contribution in [0.5, 0.6) is 11.5 Å². The molecule has 0 saturated carbocycles. The second-order valence-corrected chi connectivity index (χ2v) is 7.87. The van der Waals surface area contributed by atoms with Crippen molar-refractivity contribution in [1.29, 1.82) is 0 Å². The summed E-state index contributed by atoms with van der Waals surface area (Å²) in [5.41, 5.74) is 2.09. The summed E-state index contributed by atoms with van der Waals surface area (Å²) in [6, 6.07) is 11.8. The zero-order valence-corrected chi connectivity index (χ0v) is 18.7. The van der Waals surface area contributed by atoms with Crippen LogP contribution in [0.2, 0.25) is 0 Å². The van der Waals surface area contributed by atoms with Crippen molar-refractivity contribution in [2.75, 3.05) is 41.0 Å². The Labute approximate surface area is 184 Å². The Hall–Kier alpha value is -2.64. The van der Waals surface area contributed by atoms with Crippen LogP contribution in [0.1, 0.15) is 36.6 Å². The van der Waals surface area contributed by atoms with E-state index in [9.17, 15) is 4.79 Å². The van der Waals surface area contributed by atoms with Crippen LogP contribution >= 0.6 is 0 Å². The molecule has 2 aromatic rings. The van der Waals surface area contributed by atoms with Crippen molar-refractivity contribution < 1.29 is 19.0 Å². The summed E-state index contributed by atoms with van der Waals surface area (Å²) in [5.74, 6) is 1.76. The minimum absolute atomic E-state index is 0.00508. The lowest BCUT2D eigenvalue weighted by Crippen LogP contribution is -2.43. The Morgan fingerprint density at radius 3 is 2.74 bits per heavy atom. The van der Waals surface area contributed by atoms with Gasteiger partial charge in [-0.25, -0.2) is 0 Å². The van der Waals surface area contributed by atoms with E-state index in [1.54, 1.807) is 27.5 Å². The monoisotopic (exact) mass is 427 g/mol. The number of carbonyl (C=O) groups excluding carboxylic acids is 1. The number of nitrogens with zero attached hydrogens (tertiary/aromatic N) is 2. The van der Waals surface area contributed by atoms with Crippen molar-refractivity contribution in [3.8, 4) is 11.5 Å². The van der Waals surface area contributed by atoms with Gasteiger partial charge in [-0.05, 0) is 55.1 Å². The van der Waals surface area contributed by atoms with Crippen LogP contribution < -0.4 is 14.8 Å². The maximum atomic E-state index is 12.5. The quantitative estimate of drug-likeness (QED) is 0.628. The minimum atomic E-state index is -0.112. The van der Waals surface area contributed by atoms with Crippen LogP contribution in [-0.2, 0) is 16.1 Å². The average Bonchev–Trinajstić information content (AvgIpc) is 2.81. The number of carbonyl (C=O) groups is 1. The maximum Gasteiger partial charge on any atom is 0.222 e. The number of methoxy groups -OCH3 is 3. The van der Waals surface area contributed by atoms with Gasteiger partial charge in [-0.1, -0.05) is 12.1 Å². The molecule has 1 amide bonds. The number of nitrogens with one attached hydrogen (secondary N) is 1.